The summed E-state index contributed by atoms with van der Waals surface area (Å²) in [7, 11) is -2.66. The van der Waals surface area contributed by atoms with E-state index in [-0.39, 0.29) is 22.3 Å². The van der Waals surface area contributed by atoms with Gasteiger partial charge in [-0.3, -0.25) is 4.98 Å². The van der Waals surface area contributed by atoms with Gasteiger partial charge in [-0.25, -0.2) is 22.7 Å². The molecule has 0 N–H and O–H groups in total. The fourth-order valence-electron chi connectivity index (χ4n) is 4.47. The minimum absolute atomic E-state index is 0.0968. The van der Waals surface area contributed by atoms with E-state index in [0.29, 0.717) is 18.4 Å². The number of anilines is 2. The second-order valence-electron chi connectivity index (χ2n) is 8.71. The van der Waals surface area contributed by atoms with Gasteiger partial charge >= 0.3 is 0 Å². The van der Waals surface area contributed by atoms with E-state index in [9.17, 15) is 8.42 Å². The molecule has 1 saturated carbocycles. The number of fused-ring (bicyclic) bond motifs is 1. The topological polar surface area (TPSA) is 107 Å². The average Bonchev–Trinajstić information content (AvgIpc) is 2.93. The van der Waals surface area contributed by atoms with E-state index in [1.807, 2.05) is 0 Å². The van der Waals surface area contributed by atoms with Crippen LogP contribution in [-0.2, 0) is 10.0 Å². The smallest absolute Gasteiger partial charge is 0.270 e. The first-order valence-corrected chi connectivity index (χ1v) is 13.3. The summed E-state index contributed by atoms with van der Waals surface area (Å²) in [6.07, 6.45) is 12.1. The molecule has 1 aliphatic rings. The molecule has 0 spiro atoms. The second-order valence-corrected chi connectivity index (χ2v) is 10.5. The largest absolute Gasteiger partial charge is 0.479 e. The summed E-state index contributed by atoms with van der Waals surface area (Å²) in [5.41, 5.74) is 0.219. The first-order chi connectivity index (χ1) is 17.6. The van der Waals surface area contributed by atoms with Gasteiger partial charge in [-0.15, -0.1) is 0 Å². The van der Waals surface area contributed by atoms with Crippen molar-refractivity contribution in [2.45, 2.75) is 37.0 Å². The lowest BCUT2D eigenvalue weighted by molar-refractivity contribution is 0.201. The number of benzene rings is 1. The number of nitrogens with zero attached hydrogens (tertiary/aromatic N) is 5. The molecule has 0 amide bonds. The van der Waals surface area contributed by atoms with E-state index in [0.717, 1.165) is 27.9 Å². The normalized spacial score (nSPS) is 14.5. The van der Waals surface area contributed by atoms with Crippen LogP contribution in [0.5, 0.6) is 11.8 Å². The fourth-order valence-corrected chi connectivity index (χ4v) is 5.94. The molecule has 4 aromatic rings. The Morgan fingerprint density at radius 3 is 2.58 bits per heavy atom. The van der Waals surface area contributed by atoms with Crippen LogP contribution in [0.4, 0.5) is 11.5 Å². The Balaban J connectivity index is 1.53. The van der Waals surface area contributed by atoms with Crippen LogP contribution in [0.3, 0.4) is 0 Å². The molecule has 0 unspecified atom stereocenters. The molecule has 10 heteroatoms. The predicted molar refractivity (Wildman–Crippen MR) is 136 cm³/mol. The van der Waals surface area contributed by atoms with Crippen LogP contribution in [-0.4, -0.2) is 42.1 Å². The minimum atomic E-state index is -4.11. The van der Waals surface area contributed by atoms with Crippen LogP contribution in [0.25, 0.3) is 10.8 Å². The summed E-state index contributed by atoms with van der Waals surface area (Å²) in [4.78, 5) is 16.8. The Morgan fingerprint density at radius 2 is 1.81 bits per heavy atom. The minimum Gasteiger partial charge on any atom is -0.479 e. The van der Waals surface area contributed by atoms with Gasteiger partial charge in [-0.1, -0.05) is 25.3 Å². The molecule has 9 nitrogen and oxygen atoms in total. The average molecular weight is 506 g/mol. The molecule has 0 radical (unpaired) electrons. The molecule has 1 aliphatic carbocycles. The van der Waals surface area contributed by atoms with E-state index in [2.05, 4.69) is 19.9 Å². The van der Waals surface area contributed by atoms with E-state index in [1.54, 1.807) is 48.8 Å². The van der Waals surface area contributed by atoms with Gasteiger partial charge in [-0.05, 0) is 48.4 Å². The van der Waals surface area contributed by atoms with Crippen molar-refractivity contribution < 1.29 is 17.9 Å². The maximum atomic E-state index is 14.0. The van der Waals surface area contributed by atoms with Crippen LogP contribution in [0, 0.1) is 5.92 Å². The zero-order chi connectivity index (χ0) is 25.0. The second kappa shape index (κ2) is 10.4. The summed E-state index contributed by atoms with van der Waals surface area (Å²) >= 11 is 0. The molecule has 0 atom stereocenters. The van der Waals surface area contributed by atoms with Gasteiger partial charge < -0.3 is 9.47 Å². The van der Waals surface area contributed by atoms with Crippen molar-refractivity contribution >= 4 is 32.3 Å². The third kappa shape index (κ3) is 4.94. The number of hydrogen-bond acceptors (Lipinski definition) is 8. The summed E-state index contributed by atoms with van der Waals surface area (Å²) in [5, 5.41) is 1.59. The summed E-state index contributed by atoms with van der Waals surface area (Å²) < 4.78 is 40.6. The zero-order valence-corrected chi connectivity index (χ0v) is 20.8. The quantitative estimate of drug-likeness (QED) is 0.332. The first-order valence-electron chi connectivity index (χ1n) is 11.9. The SMILES string of the molecule is COc1nc(OCC2CCCCC2)ccc1N(c1ccncn1)S(=O)(=O)c1ccc2cnccc2c1. The molecule has 3 aromatic heterocycles. The Kier molecular flexibility index (Phi) is 6.95. The van der Waals surface area contributed by atoms with Crippen LogP contribution in [0.2, 0.25) is 0 Å². The highest BCUT2D eigenvalue weighted by Crippen LogP contribution is 2.38. The van der Waals surface area contributed by atoms with Crippen molar-refractivity contribution in [3.05, 3.63) is 67.4 Å². The van der Waals surface area contributed by atoms with Crippen molar-refractivity contribution in [1.29, 1.82) is 0 Å². The van der Waals surface area contributed by atoms with E-state index in [1.165, 1.54) is 45.0 Å². The fraction of sp³-hybridized carbons (Fsp3) is 0.308. The molecule has 0 bridgehead atoms. The zero-order valence-electron chi connectivity index (χ0n) is 19.9. The number of rotatable bonds is 8. The summed E-state index contributed by atoms with van der Waals surface area (Å²) in [6, 6.07) is 11.5. The lowest BCUT2D eigenvalue weighted by Crippen LogP contribution is -2.28. The molecule has 36 heavy (non-hydrogen) atoms. The molecule has 3 heterocycles. The van der Waals surface area contributed by atoms with E-state index >= 15 is 0 Å². The summed E-state index contributed by atoms with van der Waals surface area (Å²) in [6.45, 7) is 0.579. The Labute approximate surface area is 210 Å². The number of pyridine rings is 2. The number of ether oxygens (including phenoxy) is 2. The Hall–Kier alpha value is -3.79. The van der Waals surface area contributed by atoms with Gasteiger partial charge in [-0.2, -0.15) is 4.98 Å². The molecular weight excluding hydrogens is 478 g/mol. The third-order valence-electron chi connectivity index (χ3n) is 6.34. The number of aromatic nitrogens is 4. The highest BCUT2D eigenvalue weighted by atomic mass is 32.2. The lowest BCUT2D eigenvalue weighted by atomic mass is 9.90. The maximum absolute atomic E-state index is 14.0. The van der Waals surface area contributed by atoms with Crippen molar-refractivity contribution in [3.8, 4) is 11.8 Å². The number of methoxy groups -OCH3 is 1. The van der Waals surface area contributed by atoms with Gasteiger partial charge in [0.2, 0.25) is 11.8 Å². The van der Waals surface area contributed by atoms with E-state index in [4.69, 9.17) is 9.47 Å². The van der Waals surface area contributed by atoms with Crippen LogP contribution >= 0.6 is 0 Å². The van der Waals surface area contributed by atoms with Crippen LogP contribution in [0.1, 0.15) is 32.1 Å². The van der Waals surface area contributed by atoms with Crippen molar-refractivity contribution in [2.24, 2.45) is 5.92 Å². The number of sulfonamides is 1. The van der Waals surface area contributed by atoms with E-state index < -0.39 is 10.0 Å². The van der Waals surface area contributed by atoms with Crippen LogP contribution < -0.4 is 13.8 Å². The highest BCUT2D eigenvalue weighted by molar-refractivity contribution is 7.93. The van der Waals surface area contributed by atoms with Gasteiger partial charge in [0.15, 0.2) is 5.82 Å². The molecule has 0 aliphatic heterocycles. The predicted octanol–water partition coefficient (Wildman–Crippen LogP) is 4.91. The van der Waals surface area contributed by atoms with Crippen molar-refractivity contribution in [2.75, 3.05) is 18.0 Å². The van der Waals surface area contributed by atoms with Gasteiger partial charge in [0.25, 0.3) is 10.0 Å². The molecule has 186 valence electrons. The standard InChI is InChI=1S/C26H27N5O4S/c1-34-26-23(9-10-25(30-26)35-17-19-5-3-2-4-6-19)31(24-12-14-28-18-29-24)36(32,33)22-8-7-21-16-27-13-11-20(21)15-22/h7-16,18-19H,2-6,17H2,1H3. The van der Waals surface area contributed by atoms with Gasteiger partial charge in [0, 0.05) is 36.1 Å². The number of hydrogen-bond donors (Lipinski definition) is 0. The van der Waals surface area contributed by atoms with Gasteiger partial charge in [0.05, 0.1) is 18.6 Å². The monoisotopic (exact) mass is 505 g/mol. The molecule has 5 rings (SSSR count). The molecule has 1 fully saturated rings. The maximum Gasteiger partial charge on any atom is 0.270 e. The molecular formula is C26H27N5O4S. The highest BCUT2D eigenvalue weighted by Gasteiger charge is 2.31. The third-order valence-corrected chi connectivity index (χ3v) is 8.06. The molecule has 0 saturated heterocycles. The van der Waals surface area contributed by atoms with Crippen molar-refractivity contribution in [1.82, 2.24) is 19.9 Å². The van der Waals surface area contributed by atoms with Crippen LogP contribution in [0.15, 0.2) is 72.3 Å². The summed E-state index contributed by atoms with van der Waals surface area (Å²) in [5.74, 6) is 1.17. The Bertz CT molecular complexity index is 1440. The van der Waals surface area contributed by atoms with Crippen molar-refractivity contribution in [3.63, 3.8) is 0 Å². The Morgan fingerprint density at radius 1 is 0.972 bits per heavy atom. The molecule has 1 aromatic carbocycles. The first kappa shape index (κ1) is 23.9. The lowest BCUT2D eigenvalue weighted by Gasteiger charge is -2.25. The van der Waals surface area contributed by atoms with Gasteiger partial charge in [0.1, 0.15) is 12.0 Å².